The number of carbonyl (C=O) groups excluding carboxylic acids is 3. The summed E-state index contributed by atoms with van der Waals surface area (Å²) in [5, 5.41) is -0.422. The zero-order valence-corrected chi connectivity index (χ0v) is 18.1. The van der Waals surface area contributed by atoms with Crippen LogP contribution in [-0.2, 0) is 11.1 Å². The number of rotatable bonds is 5. The van der Waals surface area contributed by atoms with Crippen molar-refractivity contribution < 1.29 is 23.1 Å². The molecular formula is C23H24N2O5S. The number of carbonyl (C=O) groups is 3. The number of benzene rings is 2. The van der Waals surface area contributed by atoms with Crippen LogP contribution in [0.25, 0.3) is 0 Å². The maximum absolute atomic E-state index is 13.1. The molecule has 0 bridgehead atoms. The number of nitrogens with zero attached hydrogens (tertiary/aromatic N) is 2. The summed E-state index contributed by atoms with van der Waals surface area (Å²) in [6.45, 7) is 3.86. The smallest absolute Gasteiger partial charge is 0.253 e. The fourth-order valence-corrected chi connectivity index (χ4v) is 5.19. The minimum atomic E-state index is -1.93. The van der Waals surface area contributed by atoms with E-state index in [1.807, 2.05) is 11.8 Å². The Labute approximate surface area is 183 Å². The Morgan fingerprint density at radius 2 is 1.55 bits per heavy atom. The van der Waals surface area contributed by atoms with Crippen molar-refractivity contribution in [2.24, 2.45) is 0 Å². The summed E-state index contributed by atoms with van der Waals surface area (Å²) in [5.41, 5.74) is 1.68. The van der Waals surface area contributed by atoms with Crippen LogP contribution in [0, 0.1) is 0 Å². The zero-order valence-electron chi connectivity index (χ0n) is 17.2. The third-order valence-electron chi connectivity index (χ3n) is 5.95. The first-order chi connectivity index (χ1) is 14.9. The minimum absolute atomic E-state index is 0.210. The highest BCUT2D eigenvalue weighted by Gasteiger charge is 2.32. The van der Waals surface area contributed by atoms with Gasteiger partial charge in [0, 0.05) is 54.0 Å². The van der Waals surface area contributed by atoms with Crippen molar-refractivity contribution >= 4 is 28.6 Å². The van der Waals surface area contributed by atoms with Crippen LogP contribution in [0.3, 0.4) is 0 Å². The molecule has 2 aromatic rings. The number of amides is 1. The van der Waals surface area contributed by atoms with E-state index in [2.05, 4.69) is 0 Å². The second-order valence-electron chi connectivity index (χ2n) is 7.81. The summed E-state index contributed by atoms with van der Waals surface area (Å²) in [6, 6.07) is 11.4. The van der Waals surface area contributed by atoms with Crippen molar-refractivity contribution in [3.05, 3.63) is 70.3 Å². The van der Waals surface area contributed by atoms with E-state index in [0.29, 0.717) is 54.9 Å². The molecule has 162 valence electrons. The Kier molecular flexibility index (Phi) is 6.13. The van der Waals surface area contributed by atoms with Crippen LogP contribution in [0.4, 0.5) is 0 Å². The molecule has 1 aliphatic heterocycles. The zero-order chi connectivity index (χ0) is 22.1. The lowest BCUT2D eigenvalue weighted by atomic mass is 9.83. The molecule has 2 aromatic carbocycles. The highest BCUT2D eigenvalue weighted by Crippen LogP contribution is 2.28. The molecule has 0 spiro atoms. The molecule has 4 rings (SSSR count). The van der Waals surface area contributed by atoms with E-state index < -0.39 is 16.5 Å². The Morgan fingerprint density at radius 3 is 2.13 bits per heavy atom. The molecule has 8 heteroatoms. The molecule has 1 N–H and O–H groups in total. The summed E-state index contributed by atoms with van der Waals surface area (Å²) in [5.74, 6) is -0.673. The van der Waals surface area contributed by atoms with Gasteiger partial charge in [0.05, 0.1) is 0 Å². The summed E-state index contributed by atoms with van der Waals surface area (Å²) in [7, 11) is 0. The first-order valence-electron chi connectivity index (χ1n) is 10.4. The van der Waals surface area contributed by atoms with Crippen LogP contribution in [0.2, 0.25) is 0 Å². The van der Waals surface area contributed by atoms with E-state index in [0.717, 1.165) is 6.42 Å². The van der Waals surface area contributed by atoms with Gasteiger partial charge in [-0.25, -0.2) is 4.21 Å². The van der Waals surface area contributed by atoms with Crippen LogP contribution in [0.1, 0.15) is 62.0 Å². The maximum atomic E-state index is 13.1. The van der Waals surface area contributed by atoms with Gasteiger partial charge in [0.15, 0.2) is 22.6 Å². The van der Waals surface area contributed by atoms with E-state index in [1.165, 1.54) is 6.07 Å². The molecule has 1 amide bonds. The molecule has 2 aliphatic rings. The Morgan fingerprint density at radius 1 is 0.968 bits per heavy atom. The van der Waals surface area contributed by atoms with Crippen molar-refractivity contribution in [2.75, 3.05) is 26.2 Å². The Balaban J connectivity index is 1.52. The molecule has 1 unspecified atom stereocenters. The van der Waals surface area contributed by atoms with Gasteiger partial charge in [0.2, 0.25) is 0 Å². The predicted molar refractivity (Wildman–Crippen MR) is 117 cm³/mol. The molecule has 1 heterocycles. The first-order valence-corrected chi connectivity index (χ1v) is 11.5. The third-order valence-corrected chi connectivity index (χ3v) is 6.95. The molecular weight excluding hydrogens is 416 g/mol. The second-order valence-corrected chi connectivity index (χ2v) is 8.91. The Bertz CT molecular complexity index is 1080. The highest BCUT2D eigenvalue weighted by molar-refractivity contribution is 7.79. The average molecular weight is 441 g/mol. The van der Waals surface area contributed by atoms with E-state index in [1.54, 1.807) is 41.3 Å². The summed E-state index contributed by atoms with van der Waals surface area (Å²) in [4.78, 5) is 42.4. The number of piperazine rings is 1. The lowest BCUT2D eigenvalue weighted by molar-refractivity contribution is 0.0614. The monoisotopic (exact) mass is 440 g/mol. The number of hydrogen-bond acceptors (Lipinski definition) is 5. The van der Waals surface area contributed by atoms with Crippen molar-refractivity contribution in [1.82, 2.24) is 9.80 Å². The van der Waals surface area contributed by atoms with Crippen LogP contribution < -0.4 is 0 Å². The minimum Gasteiger partial charge on any atom is -0.336 e. The normalized spacial score (nSPS) is 18.3. The topological polar surface area (TPSA) is 95.0 Å². The van der Waals surface area contributed by atoms with Gasteiger partial charge in [0.1, 0.15) is 5.37 Å². The summed E-state index contributed by atoms with van der Waals surface area (Å²) >= 11 is -1.93. The van der Waals surface area contributed by atoms with Crippen molar-refractivity contribution in [1.29, 1.82) is 0 Å². The van der Waals surface area contributed by atoms with Gasteiger partial charge < -0.3 is 9.45 Å². The lowest BCUT2D eigenvalue weighted by Gasteiger charge is -2.38. The van der Waals surface area contributed by atoms with Gasteiger partial charge in [-0.05, 0) is 24.6 Å². The second kappa shape index (κ2) is 8.82. The fraction of sp³-hybridized carbons (Fsp3) is 0.348. The molecule has 7 nitrogen and oxygen atoms in total. The van der Waals surface area contributed by atoms with Gasteiger partial charge in [-0.3, -0.25) is 19.3 Å². The van der Waals surface area contributed by atoms with Crippen molar-refractivity contribution in [3.8, 4) is 0 Å². The molecule has 0 saturated carbocycles. The predicted octanol–water partition coefficient (Wildman–Crippen LogP) is 2.57. The molecule has 0 aromatic heterocycles. The molecule has 31 heavy (non-hydrogen) atoms. The van der Waals surface area contributed by atoms with Crippen molar-refractivity contribution in [3.63, 3.8) is 0 Å². The van der Waals surface area contributed by atoms with Crippen molar-refractivity contribution in [2.45, 2.75) is 25.1 Å². The van der Waals surface area contributed by atoms with Crippen LogP contribution in [0.15, 0.2) is 42.5 Å². The summed E-state index contributed by atoms with van der Waals surface area (Å²) in [6.07, 6.45) is 1.43. The van der Waals surface area contributed by atoms with E-state index >= 15 is 0 Å². The highest BCUT2D eigenvalue weighted by atomic mass is 32.2. The number of ketones is 2. The first kappa shape index (κ1) is 21.5. The van der Waals surface area contributed by atoms with Gasteiger partial charge in [-0.15, -0.1) is 0 Å². The standard InChI is InChI=1S/C23H24N2O5S/c1-2-5-20(31(29)30)24-10-12-25(13-11-24)23(28)15-8-9-18-19(14-15)22(27)17-7-4-3-6-16(17)21(18)26/h3-4,6-9,14,20H,2,5,10-13H2,1H3,(H,29,30)/t20-/m0/s1. The third kappa shape index (κ3) is 3.98. The van der Waals surface area contributed by atoms with E-state index in [4.69, 9.17) is 0 Å². The average Bonchev–Trinajstić information content (AvgIpc) is 2.80. The SMILES string of the molecule is CCC[C@@H](N1CCN(C(=O)c2ccc3c(c2)C(=O)c2ccccc2C3=O)CC1)S(=O)O. The van der Waals surface area contributed by atoms with Gasteiger partial charge in [-0.1, -0.05) is 37.6 Å². The quantitative estimate of drug-likeness (QED) is 0.613. The van der Waals surface area contributed by atoms with E-state index in [9.17, 15) is 23.1 Å². The van der Waals surface area contributed by atoms with Gasteiger partial charge in [0.25, 0.3) is 5.91 Å². The van der Waals surface area contributed by atoms with Crippen LogP contribution in [-0.4, -0.2) is 67.6 Å². The van der Waals surface area contributed by atoms with Gasteiger partial charge in [-0.2, -0.15) is 0 Å². The Hall–Kier alpha value is -2.68. The number of hydrogen-bond donors (Lipinski definition) is 1. The maximum Gasteiger partial charge on any atom is 0.253 e. The lowest BCUT2D eigenvalue weighted by Crippen LogP contribution is -2.53. The van der Waals surface area contributed by atoms with E-state index in [-0.39, 0.29) is 23.0 Å². The number of fused-ring (bicyclic) bond motifs is 2. The molecule has 0 radical (unpaired) electrons. The molecule has 1 fully saturated rings. The summed E-state index contributed by atoms with van der Waals surface area (Å²) < 4.78 is 21.2. The fourth-order valence-electron chi connectivity index (χ4n) is 4.29. The molecule has 1 saturated heterocycles. The largest absolute Gasteiger partial charge is 0.336 e. The van der Waals surface area contributed by atoms with Crippen LogP contribution >= 0.6 is 0 Å². The molecule has 1 aliphatic carbocycles. The molecule has 2 atom stereocenters. The van der Waals surface area contributed by atoms with Gasteiger partial charge >= 0.3 is 0 Å². The van der Waals surface area contributed by atoms with Crippen LogP contribution in [0.5, 0.6) is 0 Å².